The van der Waals surface area contributed by atoms with Crippen molar-refractivity contribution < 1.29 is 4.39 Å². The van der Waals surface area contributed by atoms with Gasteiger partial charge in [-0.15, -0.1) is 0 Å². The van der Waals surface area contributed by atoms with E-state index in [1.54, 1.807) is 6.07 Å². The number of halogens is 2. The second-order valence-electron chi connectivity index (χ2n) is 5.51. The molecule has 0 amide bonds. The van der Waals surface area contributed by atoms with Crippen LogP contribution in [0.3, 0.4) is 0 Å². The fourth-order valence-electron chi connectivity index (χ4n) is 3.29. The van der Waals surface area contributed by atoms with Crippen LogP contribution in [0.25, 0.3) is 0 Å². The minimum atomic E-state index is -0.106. The highest BCUT2D eigenvalue weighted by Crippen LogP contribution is 2.45. The topological polar surface area (TPSA) is 3.24 Å². The van der Waals surface area contributed by atoms with Gasteiger partial charge in [-0.3, -0.25) is 0 Å². The van der Waals surface area contributed by atoms with Gasteiger partial charge in [-0.05, 0) is 31.0 Å². The van der Waals surface area contributed by atoms with Gasteiger partial charge in [0.25, 0.3) is 0 Å². The molecule has 92 valence electrons. The van der Waals surface area contributed by atoms with Crippen LogP contribution in [0.2, 0.25) is 0 Å². The first-order chi connectivity index (χ1) is 8.19. The minimum absolute atomic E-state index is 0.106. The molecule has 1 spiro atoms. The third kappa shape index (κ3) is 2.10. The van der Waals surface area contributed by atoms with Gasteiger partial charge in [0.1, 0.15) is 5.82 Å². The monoisotopic (exact) mass is 297 g/mol. The number of benzene rings is 1. The Bertz CT molecular complexity index is 418. The summed E-state index contributed by atoms with van der Waals surface area (Å²) in [6, 6.07) is 5.36. The quantitative estimate of drug-likeness (QED) is 0.744. The molecule has 1 nitrogen and oxygen atoms in total. The van der Waals surface area contributed by atoms with Gasteiger partial charge in [0.15, 0.2) is 0 Å². The Hall–Kier alpha value is -0.570. The molecule has 1 saturated carbocycles. The Morgan fingerprint density at radius 2 is 1.82 bits per heavy atom. The molecule has 0 radical (unpaired) electrons. The lowest BCUT2D eigenvalue weighted by Crippen LogP contribution is -2.57. The Morgan fingerprint density at radius 3 is 2.47 bits per heavy atom. The van der Waals surface area contributed by atoms with Crippen LogP contribution in [0, 0.1) is 11.2 Å². The van der Waals surface area contributed by atoms with E-state index in [2.05, 4.69) is 20.8 Å². The fraction of sp³-hybridized carbons (Fsp3) is 0.571. The SMILES string of the molecule is Fc1cc(Br)ccc1N1CC2(CCCCC2)C1. The van der Waals surface area contributed by atoms with Crippen molar-refractivity contribution in [2.75, 3.05) is 18.0 Å². The number of rotatable bonds is 1. The molecule has 1 aromatic rings. The largest absolute Gasteiger partial charge is 0.368 e. The van der Waals surface area contributed by atoms with E-state index in [9.17, 15) is 4.39 Å². The van der Waals surface area contributed by atoms with Gasteiger partial charge in [0.2, 0.25) is 0 Å². The average Bonchev–Trinajstić information content (AvgIpc) is 2.27. The third-order valence-electron chi connectivity index (χ3n) is 4.22. The van der Waals surface area contributed by atoms with Crippen molar-refractivity contribution in [2.24, 2.45) is 5.41 Å². The summed E-state index contributed by atoms with van der Waals surface area (Å²) in [5.41, 5.74) is 1.28. The molecular weight excluding hydrogens is 281 g/mol. The molecule has 1 aliphatic carbocycles. The summed E-state index contributed by atoms with van der Waals surface area (Å²) in [4.78, 5) is 2.19. The van der Waals surface area contributed by atoms with E-state index in [1.807, 2.05) is 12.1 Å². The second-order valence-corrected chi connectivity index (χ2v) is 6.43. The number of hydrogen-bond acceptors (Lipinski definition) is 1. The zero-order valence-electron chi connectivity index (χ0n) is 9.88. The van der Waals surface area contributed by atoms with Gasteiger partial charge in [-0.1, -0.05) is 35.2 Å². The molecule has 2 fully saturated rings. The van der Waals surface area contributed by atoms with Crippen LogP contribution in [0.1, 0.15) is 32.1 Å². The van der Waals surface area contributed by atoms with Gasteiger partial charge >= 0.3 is 0 Å². The van der Waals surface area contributed by atoms with Crippen LogP contribution in [0.4, 0.5) is 10.1 Å². The lowest BCUT2D eigenvalue weighted by Gasteiger charge is -2.53. The predicted octanol–water partition coefficient (Wildman–Crippen LogP) is 4.36. The van der Waals surface area contributed by atoms with Crippen molar-refractivity contribution in [2.45, 2.75) is 32.1 Å². The molecule has 1 aromatic carbocycles. The molecule has 17 heavy (non-hydrogen) atoms. The highest BCUT2D eigenvalue weighted by atomic mass is 79.9. The van der Waals surface area contributed by atoms with Crippen LogP contribution >= 0.6 is 15.9 Å². The first kappa shape index (κ1) is 11.5. The van der Waals surface area contributed by atoms with E-state index < -0.39 is 0 Å². The van der Waals surface area contributed by atoms with Gasteiger partial charge in [-0.2, -0.15) is 0 Å². The zero-order valence-corrected chi connectivity index (χ0v) is 11.5. The minimum Gasteiger partial charge on any atom is -0.368 e. The van der Waals surface area contributed by atoms with Crippen LogP contribution in [-0.2, 0) is 0 Å². The maximum atomic E-state index is 13.8. The molecule has 1 aliphatic heterocycles. The lowest BCUT2D eigenvalue weighted by molar-refractivity contribution is 0.138. The molecule has 3 rings (SSSR count). The Kier molecular flexibility index (Phi) is 2.89. The molecule has 0 unspecified atom stereocenters. The Balaban J connectivity index is 1.72. The molecule has 1 heterocycles. The summed E-state index contributed by atoms with van der Waals surface area (Å²) >= 11 is 3.30. The average molecular weight is 298 g/mol. The molecule has 0 aromatic heterocycles. The van der Waals surface area contributed by atoms with Gasteiger partial charge in [0.05, 0.1) is 5.69 Å². The van der Waals surface area contributed by atoms with Crippen molar-refractivity contribution in [1.82, 2.24) is 0 Å². The predicted molar refractivity (Wildman–Crippen MR) is 71.8 cm³/mol. The molecule has 1 saturated heterocycles. The summed E-state index contributed by atoms with van der Waals surface area (Å²) in [7, 11) is 0. The Morgan fingerprint density at radius 1 is 1.12 bits per heavy atom. The number of hydrogen-bond donors (Lipinski definition) is 0. The highest BCUT2D eigenvalue weighted by Gasteiger charge is 2.43. The van der Waals surface area contributed by atoms with Gasteiger partial charge in [0, 0.05) is 23.0 Å². The van der Waals surface area contributed by atoms with Crippen LogP contribution in [0.15, 0.2) is 22.7 Å². The van der Waals surface area contributed by atoms with Crippen molar-refractivity contribution in [1.29, 1.82) is 0 Å². The summed E-state index contributed by atoms with van der Waals surface area (Å²) in [5.74, 6) is -0.106. The van der Waals surface area contributed by atoms with E-state index in [-0.39, 0.29) is 5.82 Å². The standard InChI is InChI=1S/C14H17BrFN/c15-11-4-5-13(12(16)8-11)17-9-14(10-17)6-2-1-3-7-14/h4-5,8H,1-3,6-7,9-10H2. The first-order valence-electron chi connectivity index (χ1n) is 6.39. The molecule has 0 atom stereocenters. The first-order valence-corrected chi connectivity index (χ1v) is 7.18. The van der Waals surface area contributed by atoms with Crippen LogP contribution in [-0.4, -0.2) is 13.1 Å². The molecule has 0 bridgehead atoms. The van der Waals surface area contributed by atoms with Crippen molar-refractivity contribution in [3.05, 3.63) is 28.5 Å². The van der Waals surface area contributed by atoms with Crippen molar-refractivity contribution in [3.8, 4) is 0 Å². The maximum Gasteiger partial charge on any atom is 0.147 e. The molecule has 2 aliphatic rings. The van der Waals surface area contributed by atoms with Crippen molar-refractivity contribution >= 4 is 21.6 Å². The molecular formula is C14H17BrFN. The van der Waals surface area contributed by atoms with Crippen LogP contribution in [0.5, 0.6) is 0 Å². The zero-order chi connectivity index (χ0) is 11.9. The normalized spacial score (nSPS) is 22.6. The highest BCUT2D eigenvalue weighted by molar-refractivity contribution is 9.10. The molecule has 3 heteroatoms. The van der Waals surface area contributed by atoms with Crippen molar-refractivity contribution in [3.63, 3.8) is 0 Å². The van der Waals surface area contributed by atoms with Gasteiger partial charge in [-0.25, -0.2) is 4.39 Å². The van der Waals surface area contributed by atoms with E-state index in [0.717, 1.165) is 23.2 Å². The third-order valence-corrected chi connectivity index (χ3v) is 4.71. The van der Waals surface area contributed by atoms with E-state index in [1.165, 1.54) is 32.1 Å². The summed E-state index contributed by atoms with van der Waals surface area (Å²) in [6.45, 7) is 2.09. The summed E-state index contributed by atoms with van der Waals surface area (Å²) < 4.78 is 14.6. The summed E-state index contributed by atoms with van der Waals surface area (Å²) in [5, 5.41) is 0. The smallest absolute Gasteiger partial charge is 0.147 e. The maximum absolute atomic E-state index is 13.8. The van der Waals surface area contributed by atoms with E-state index in [4.69, 9.17) is 0 Å². The summed E-state index contributed by atoms with van der Waals surface area (Å²) in [6.07, 6.45) is 6.77. The van der Waals surface area contributed by atoms with Crippen LogP contribution < -0.4 is 4.90 Å². The second kappa shape index (κ2) is 4.27. The van der Waals surface area contributed by atoms with E-state index >= 15 is 0 Å². The van der Waals surface area contributed by atoms with Gasteiger partial charge < -0.3 is 4.90 Å². The Labute approximate surface area is 110 Å². The van der Waals surface area contributed by atoms with E-state index in [0.29, 0.717) is 5.41 Å². The lowest BCUT2D eigenvalue weighted by atomic mass is 9.68. The molecule has 0 N–H and O–H groups in total. The number of anilines is 1. The number of nitrogens with zero attached hydrogens (tertiary/aromatic N) is 1. The fourth-order valence-corrected chi connectivity index (χ4v) is 3.62.